The number of halogens is 2. The summed E-state index contributed by atoms with van der Waals surface area (Å²) in [5.41, 5.74) is 2.42. The van der Waals surface area contributed by atoms with Gasteiger partial charge < -0.3 is 20.6 Å². The van der Waals surface area contributed by atoms with Crippen molar-refractivity contribution in [2.75, 3.05) is 5.32 Å². The average molecular weight is 498 g/mol. The van der Waals surface area contributed by atoms with E-state index in [1.807, 2.05) is 6.07 Å². The highest BCUT2D eigenvalue weighted by molar-refractivity contribution is 6.33. The normalized spacial score (nSPS) is 11.8. The van der Waals surface area contributed by atoms with Gasteiger partial charge >= 0.3 is 0 Å². The number of aromatic amines is 1. The molecular weight excluding hydrogens is 478 g/mol. The molecule has 0 aliphatic heterocycles. The van der Waals surface area contributed by atoms with Gasteiger partial charge in [-0.2, -0.15) is 4.73 Å². The predicted molar refractivity (Wildman–Crippen MR) is 135 cm³/mol. The Hall–Kier alpha value is -5.05. The first-order valence-electron chi connectivity index (χ1n) is 11.3. The quantitative estimate of drug-likeness (QED) is 0.0917. The molecule has 0 atom stereocenters. The van der Waals surface area contributed by atoms with Gasteiger partial charge in [0.25, 0.3) is 0 Å². The molecule has 0 aliphatic rings. The monoisotopic (exact) mass is 498 g/mol. The summed E-state index contributed by atoms with van der Waals surface area (Å²) >= 11 is 0. The van der Waals surface area contributed by atoms with Crippen LogP contribution in [0.4, 0.5) is 14.5 Å². The third-order valence-electron chi connectivity index (χ3n) is 5.69. The van der Waals surface area contributed by atoms with Gasteiger partial charge in [0.1, 0.15) is 28.8 Å². The predicted octanol–water partition coefficient (Wildman–Crippen LogP) is 5.40. The number of hydrogen-bond donors (Lipinski definition) is 3. The lowest BCUT2D eigenvalue weighted by atomic mass is 9.98. The maximum atomic E-state index is 13.9. The number of benzene rings is 3. The van der Waals surface area contributed by atoms with Gasteiger partial charge in [0.05, 0.1) is 11.0 Å². The van der Waals surface area contributed by atoms with E-state index >= 15 is 0 Å². The number of carbonyl (C=O) groups is 1. The summed E-state index contributed by atoms with van der Waals surface area (Å²) in [4.78, 5) is 21.0. The van der Waals surface area contributed by atoms with Crippen LogP contribution in [0.3, 0.4) is 0 Å². The number of ketones is 1. The van der Waals surface area contributed by atoms with Crippen LogP contribution in [0, 0.1) is 16.8 Å². The Kier molecular flexibility index (Phi) is 6.34. The van der Waals surface area contributed by atoms with Gasteiger partial charge in [0.2, 0.25) is 5.78 Å². The standard InChI is InChI=1S/C28H20F2N4O3/c29-20-11-19(12-21(30)13-20)27(36)25(26(35)18-6-2-1-3-7-18)28-32-23-9-8-22(14-24(23)33-28)31-15-17-5-4-10-34(37)16-17/h1-14,16,31,36H,15H2,(H,32,33). The maximum absolute atomic E-state index is 13.9. The Morgan fingerprint density at radius 2 is 1.73 bits per heavy atom. The second-order valence-electron chi connectivity index (χ2n) is 8.32. The van der Waals surface area contributed by atoms with Gasteiger partial charge in [0.15, 0.2) is 12.4 Å². The smallest absolute Gasteiger partial charge is 0.200 e. The number of aromatic nitrogens is 3. The zero-order valence-electron chi connectivity index (χ0n) is 19.3. The number of hydrogen-bond acceptors (Lipinski definition) is 5. The SMILES string of the molecule is O=C(C(=C(O)c1cc(F)cc(F)c1)c1nc2ccc(NCc3ccc[n+]([O-])c3)cc2[nH]1)c1ccccc1. The first-order valence-corrected chi connectivity index (χ1v) is 11.3. The number of fused-ring (bicyclic) bond motifs is 1. The average Bonchev–Trinajstić information content (AvgIpc) is 3.30. The Labute approximate surface area is 209 Å². The Morgan fingerprint density at radius 3 is 2.46 bits per heavy atom. The van der Waals surface area contributed by atoms with Crippen molar-refractivity contribution >= 4 is 33.8 Å². The number of allylic oxidation sites excluding steroid dienone is 1. The number of imidazole rings is 1. The lowest BCUT2D eigenvalue weighted by molar-refractivity contribution is -0.605. The topological polar surface area (TPSA) is 105 Å². The number of anilines is 1. The number of aliphatic hydroxyl groups is 1. The molecule has 0 saturated carbocycles. The molecule has 0 unspecified atom stereocenters. The van der Waals surface area contributed by atoms with Crippen molar-refractivity contribution < 1.29 is 23.4 Å². The van der Waals surface area contributed by atoms with Gasteiger partial charge in [-0.3, -0.25) is 4.79 Å². The molecule has 5 rings (SSSR count). The van der Waals surface area contributed by atoms with E-state index in [0.717, 1.165) is 28.1 Å². The van der Waals surface area contributed by atoms with Crippen molar-refractivity contribution in [3.63, 3.8) is 0 Å². The van der Waals surface area contributed by atoms with Crippen molar-refractivity contribution in [3.8, 4) is 0 Å². The number of H-pyrrole nitrogens is 1. The third-order valence-corrected chi connectivity index (χ3v) is 5.69. The van der Waals surface area contributed by atoms with E-state index in [0.29, 0.717) is 23.6 Å². The summed E-state index contributed by atoms with van der Waals surface area (Å²) < 4.78 is 28.5. The lowest BCUT2D eigenvalue weighted by Gasteiger charge is -2.09. The second kappa shape index (κ2) is 9.90. The number of carbonyl (C=O) groups excluding carboxylic acids is 1. The maximum Gasteiger partial charge on any atom is 0.200 e. The van der Waals surface area contributed by atoms with E-state index < -0.39 is 23.2 Å². The molecule has 0 radical (unpaired) electrons. The molecule has 5 aromatic rings. The summed E-state index contributed by atoms with van der Waals surface area (Å²) in [5.74, 6) is -2.93. The summed E-state index contributed by atoms with van der Waals surface area (Å²) in [6.07, 6.45) is 2.86. The van der Waals surface area contributed by atoms with E-state index in [1.54, 1.807) is 54.6 Å². The Morgan fingerprint density at radius 1 is 0.973 bits per heavy atom. The first kappa shape index (κ1) is 23.7. The second-order valence-corrected chi connectivity index (χ2v) is 8.32. The number of rotatable bonds is 7. The highest BCUT2D eigenvalue weighted by Crippen LogP contribution is 2.29. The minimum atomic E-state index is -0.894. The van der Waals surface area contributed by atoms with Crippen molar-refractivity contribution in [3.05, 3.63) is 131 Å². The van der Waals surface area contributed by atoms with Crippen molar-refractivity contribution in [2.24, 2.45) is 0 Å². The number of aliphatic hydroxyl groups excluding tert-OH is 1. The number of nitrogens with one attached hydrogen (secondary N) is 2. The molecule has 7 nitrogen and oxygen atoms in total. The van der Waals surface area contributed by atoms with Gasteiger partial charge in [-0.1, -0.05) is 30.3 Å². The molecule has 0 spiro atoms. The summed E-state index contributed by atoms with van der Waals surface area (Å²) in [5, 5.41) is 25.7. The summed E-state index contributed by atoms with van der Waals surface area (Å²) in [6.45, 7) is 0.402. The van der Waals surface area contributed by atoms with Crippen LogP contribution in [-0.2, 0) is 6.54 Å². The zero-order chi connectivity index (χ0) is 25.9. The number of Topliss-reactive ketones (excluding diaryl/α,β-unsaturated/α-hetero) is 1. The van der Waals surface area contributed by atoms with Crippen LogP contribution >= 0.6 is 0 Å². The molecule has 0 saturated heterocycles. The highest BCUT2D eigenvalue weighted by Gasteiger charge is 2.24. The zero-order valence-corrected chi connectivity index (χ0v) is 19.3. The molecule has 2 heterocycles. The minimum absolute atomic E-state index is 0.0404. The van der Waals surface area contributed by atoms with E-state index in [2.05, 4.69) is 15.3 Å². The van der Waals surface area contributed by atoms with Crippen molar-refractivity contribution in [2.45, 2.75) is 6.54 Å². The van der Waals surface area contributed by atoms with E-state index in [9.17, 15) is 23.9 Å². The van der Waals surface area contributed by atoms with Crippen molar-refractivity contribution in [1.82, 2.24) is 9.97 Å². The molecule has 0 bridgehead atoms. The molecule has 0 aliphatic carbocycles. The molecule has 184 valence electrons. The molecule has 9 heteroatoms. The highest BCUT2D eigenvalue weighted by atomic mass is 19.1. The van der Waals surface area contributed by atoms with Crippen molar-refractivity contribution in [1.29, 1.82) is 0 Å². The molecule has 3 aromatic carbocycles. The summed E-state index contributed by atoms with van der Waals surface area (Å²) in [6, 6.07) is 19.5. The number of nitrogens with zero attached hydrogens (tertiary/aromatic N) is 2. The van der Waals surface area contributed by atoms with Crippen LogP contribution in [-0.4, -0.2) is 20.9 Å². The largest absolute Gasteiger partial charge is 0.619 e. The fraction of sp³-hybridized carbons (Fsp3) is 0.0357. The van der Waals surface area contributed by atoms with Crippen LogP contribution < -0.4 is 10.0 Å². The first-order chi connectivity index (χ1) is 17.9. The fourth-order valence-corrected chi connectivity index (χ4v) is 3.94. The minimum Gasteiger partial charge on any atom is -0.619 e. The van der Waals surface area contributed by atoms with Crippen LogP contribution in [0.1, 0.15) is 27.3 Å². The van der Waals surface area contributed by atoms with Gasteiger partial charge in [-0.25, -0.2) is 13.8 Å². The molecule has 2 aromatic heterocycles. The Balaban J connectivity index is 1.55. The molecular formula is C28H20F2N4O3. The van der Waals surface area contributed by atoms with Gasteiger partial charge in [0, 0.05) is 41.1 Å². The summed E-state index contributed by atoms with van der Waals surface area (Å²) in [7, 11) is 0. The lowest BCUT2D eigenvalue weighted by Crippen LogP contribution is -2.25. The molecule has 0 fully saturated rings. The van der Waals surface area contributed by atoms with Crippen LogP contribution in [0.2, 0.25) is 0 Å². The third kappa shape index (κ3) is 5.15. The fourth-order valence-electron chi connectivity index (χ4n) is 3.94. The molecule has 3 N–H and O–H groups in total. The molecule has 37 heavy (non-hydrogen) atoms. The Bertz CT molecular complexity index is 1630. The van der Waals surface area contributed by atoms with Gasteiger partial charge in [-0.05, 0) is 36.4 Å². The van der Waals surface area contributed by atoms with E-state index in [4.69, 9.17) is 0 Å². The molecule has 0 amide bonds. The van der Waals surface area contributed by atoms with Crippen LogP contribution in [0.5, 0.6) is 0 Å². The van der Waals surface area contributed by atoms with Gasteiger partial charge in [-0.15, -0.1) is 0 Å². The van der Waals surface area contributed by atoms with E-state index in [-0.39, 0.29) is 22.5 Å². The van der Waals surface area contributed by atoms with Crippen LogP contribution in [0.15, 0.2) is 91.3 Å². The number of pyridine rings is 1. The van der Waals surface area contributed by atoms with Crippen LogP contribution in [0.25, 0.3) is 22.4 Å². The van der Waals surface area contributed by atoms with E-state index in [1.165, 1.54) is 12.4 Å².